The molecule has 0 aliphatic heterocycles. The lowest BCUT2D eigenvalue weighted by atomic mass is 9.97. The lowest BCUT2D eigenvalue weighted by molar-refractivity contribution is -0.152. The van der Waals surface area contributed by atoms with Crippen LogP contribution in [0.25, 0.3) is 0 Å². The third-order valence-electron chi connectivity index (χ3n) is 2.87. The number of hydrogen-bond acceptors (Lipinski definition) is 2. The Balaban J connectivity index is 2.71. The molecular weight excluding hydrogens is 172 g/mol. The number of carbonyl (C=O) groups is 2. The van der Waals surface area contributed by atoms with E-state index in [1.807, 2.05) is 6.92 Å². The fourth-order valence-corrected chi connectivity index (χ4v) is 2.02. The van der Waals surface area contributed by atoms with Crippen molar-refractivity contribution >= 4 is 11.9 Å². The van der Waals surface area contributed by atoms with Crippen molar-refractivity contribution in [1.82, 2.24) is 0 Å². The van der Waals surface area contributed by atoms with Crippen LogP contribution in [0.1, 0.15) is 26.2 Å². The minimum absolute atomic E-state index is 0.266. The summed E-state index contributed by atoms with van der Waals surface area (Å²) >= 11 is 0. The van der Waals surface area contributed by atoms with Crippen molar-refractivity contribution in [3.05, 3.63) is 0 Å². The number of hydrogen-bond donors (Lipinski definition) is 2. The van der Waals surface area contributed by atoms with Gasteiger partial charge in [-0.05, 0) is 18.8 Å². The molecular formula is C9H14O4. The number of aliphatic carboxylic acids is 2. The molecule has 0 radical (unpaired) electrons. The highest BCUT2D eigenvalue weighted by Gasteiger charge is 2.42. The lowest BCUT2D eigenvalue weighted by Crippen LogP contribution is -2.24. The van der Waals surface area contributed by atoms with Crippen molar-refractivity contribution < 1.29 is 19.8 Å². The summed E-state index contributed by atoms with van der Waals surface area (Å²) in [5.74, 6) is -3.03. The van der Waals surface area contributed by atoms with Crippen LogP contribution in [-0.4, -0.2) is 22.2 Å². The fraction of sp³-hybridized carbons (Fsp3) is 0.778. The van der Waals surface area contributed by atoms with Gasteiger partial charge in [0.15, 0.2) is 0 Å². The Hall–Kier alpha value is -1.06. The molecule has 0 amide bonds. The Morgan fingerprint density at radius 1 is 1.15 bits per heavy atom. The smallest absolute Gasteiger partial charge is 0.307 e. The van der Waals surface area contributed by atoms with E-state index in [-0.39, 0.29) is 5.92 Å². The second kappa shape index (κ2) is 3.77. The summed E-state index contributed by atoms with van der Waals surface area (Å²) in [6.45, 7) is 1.97. The Kier molecular flexibility index (Phi) is 2.90. The lowest BCUT2D eigenvalue weighted by Gasteiger charge is -2.08. The van der Waals surface area contributed by atoms with Gasteiger partial charge in [0.05, 0.1) is 11.8 Å². The molecule has 74 valence electrons. The van der Waals surface area contributed by atoms with Crippen LogP contribution in [0.3, 0.4) is 0 Å². The second-order valence-corrected chi connectivity index (χ2v) is 3.64. The number of carboxylic acids is 2. The van der Waals surface area contributed by atoms with Crippen LogP contribution in [0.15, 0.2) is 0 Å². The summed E-state index contributed by atoms with van der Waals surface area (Å²) in [5.41, 5.74) is 0. The summed E-state index contributed by atoms with van der Waals surface area (Å²) in [7, 11) is 0. The first-order chi connectivity index (χ1) is 6.06. The summed E-state index contributed by atoms with van der Waals surface area (Å²) in [4.78, 5) is 21.4. The molecule has 1 aliphatic carbocycles. The average Bonchev–Trinajstić information content (AvgIpc) is 2.47. The molecule has 1 unspecified atom stereocenters. The van der Waals surface area contributed by atoms with Crippen LogP contribution >= 0.6 is 0 Å². The van der Waals surface area contributed by atoms with E-state index < -0.39 is 23.8 Å². The Bertz CT molecular complexity index is 202. The molecule has 0 saturated heterocycles. The van der Waals surface area contributed by atoms with Crippen molar-refractivity contribution in [2.24, 2.45) is 17.8 Å². The summed E-state index contributed by atoms with van der Waals surface area (Å²) in [6, 6.07) is 0. The molecule has 0 aromatic rings. The average molecular weight is 186 g/mol. The first kappa shape index (κ1) is 10.0. The zero-order valence-corrected chi connectivity index (χ0v) is 7.56. The van der Waals surface area contributed by atoms with Crippen LogP contribution in [0.2, 0.25) is 0 Å². The van der Waals surface area contributed by atoms with Gasteiger partial charge in [-0.3, -0.25) is 9.59 Å². The number of carboxylic acid groups (broad SMARTS) is 2. The van der Waals surface area contributed by atoms with E-state index in [1.165, 1.54) is 0 Å². The summed E-state index contributed by atoms with van der Waals surface area (Å²) < 4.78 is 0. The van der Waals surface area contributed by atoms with Gasteiger partial charge in [-0.1, -0.05) is 13.3 Å². The molecule has 3 atom stereocenters. The van der Waals surface area contributed by atoms with E-state index in [0.29, 0.717) is 12.8 Å². The van der Waals surface area contributed by atoms with E-state index in [1.54, 1.807) is 0 Å². The fourth-order valence-electron chi connectivity index (χ4n) is 2.02. The Labute approximate surface area is 76.6 Å². The van der Waals surface area contributed by atoms with E-state index in [0.717, 1.165) is 6.42 Å². The number of rotatable bonds is 3. The Morgan fingerprint density at radius 2 is 1.54 bits per heavy atom. The van der Waals surface area contributed by atoms with Crippen molar-refractivity contribution in [2.45, 2.75) is 26.2 Å². The van der Waals surface area contributed by atoms with Crippen molar-refractivity contribution in [3.8, 4) is 0 Å². The van der Waals surface area contributed by atoms with Crippen molar-refractivity contribution in [3.63, 3.8) is 0 Å². The van der Waals surface area contributed by atoms with Crippen LogP contribution in [0.5, 0.6) is 0 Å². The zero-order valence-electron chi connectivity index (χ0n) is 7.56. The molecule has 13 heavy (non-hydrogen) atoms. The molecule has 1 fully saturated rings. The van der Waals surface area contributed by atoms with Crippen molar-refractivity contribution in [2.75, 3.05) is 0 Å². The third-order valence-corrected chi connectivity index (χ3v) is 2.87. The summed E-state index contributed by atoms with van der Waals surface area (Å²) in [5, 5.41) is 17.6. The largest absolute Gasteiger partial charge is 0.481 e. The maximum atomic E-state index is 10.7. The molecule has 1 rings (SSSR count). The highest BCUT2D eigenvalue weighted by atomic mass is 16.4. The van der Waals surface area contributed by atoms with Gasteiger partial charge in [0, 0.05) is 0 Å². The first-order valence-corrected chi connectivity index (χ1v) is 4.51. The van der Waals surface area contributed by atoms with Gasteiger partial charge in [0.25, 0.3) is 0 Å². The van der Waals surface area contributed by atoms with Gasteiger partial charge in [0.1, 0.15) is 0 Å². The molecule has 1 aliphatic rings. The van der Waals surface area contributed by atoms with Crippen LogP contribution in [-0.2, 0) is 9.59 Å². The van der Waals surface area contributed by atoms with E-state index in [2.05, 4.69) is 0 Å². The Morgan fingerprint density at radius 3 is 1.77 bits per heavy atom. The third kappa shape index (κ3) is 1.99. The molecule has 0 aromatic heterocycles. The molecule has 1 saturated carbocycles. The van der Waals surface area contributed by atoms with Crippen LogP contribution in [0.4, 0.5) is 0 Å². The molecule has 0 aromatic carbocycles. The highest BCUT2D eigenvalue weighted by molar-refractivity contribution is 5.80. The zero-order chi connectivity index (χ0) is 10.0. The predicted molar refractivity (Wildman–Crippen MR) is 45.3 cm³/mol. The topological polar surface area (TPSA) is 74.6 Å². The molecule has 0 heterocycles. The van der Waals surface area contributed by atoms with Crippen LogP contribution < -0.4 is 0 Å². The van der Waals surface area contributed by atoms with E-state index in [4.69, 9.17) is 10.2 Å². The second-order valence-electron chi connectivity index (χ2n) is 3.64. The van der Waals surface area contributed by atoms with Gasteiger partial charge in [-0.15, -0.1) is 0 Å². The normalized spacial score (nSPS) is 33.2. The molecule has 0 spiro atoms. The van der Waals surface area contributed by atoms with Crippen LogP contribution in [0, 0.1) is 17.8 Å². The molecule has 4 heteroatoms. The van der Waals surface area contributed by atoms with Gasteiger partial charge in [-0.2, -0.15) is 0 Å². The SMILES string of the molecule is CCC1C[C@H](C(=O)O)[C@H](C(=O)O)C1. The minimum Gasteiger partial charge on any atom is -0.481 e. The summed E-state index contributed by atoms with van der Waals surface area (Å²) in [6.07, 6.45) is 1.90. The van der Waals surface area contributed by atoms with E-state index >= 15 is 0 Å². The van der Waals surface area contributed by atoms with Gasteiger partial charge >= 0.3 is 11.9 Å². The van der Waals surface area contributed by atoms with Gasteiger partial charge in [0.2, 0.25) is 0 Å². The quantitative estimate of drug-likeness (QED) is 0.694. The van der Waals surface area contributed by atoms with E-state index in [9.17, 15) is 9.59 Å². The predicted octanol–water partition coefficient (Wildman–Crippen LogP) is 1.21. The first-order valence-electron chi connectivity index (χ1n) is 4.51. The minimum atomic E-state index is -0.969. The molecule has 4 nitrogen and oxygen atoms in total. The monoisotopic (exact) mass is 186 g/mol. The molecule has 2 N–H and O–H groups in total. The van der Waals surface area contributed by atoms with Crippen molar-refractivity contribution in [1.29, 1.82) is 0 Å². The van der Waals surface area contributed by atoms with Gasteiger partial charge in [-0.25, -0.2) is 0 Å². The highest BCUT2D eigenvalue weighted by Crippen LogP contribution is 2.38. The maximum Gasteiger partial charge on any atom is 0.307 e. The van der Waals surface area contributed by atoms with Gasteiger partial charge < -0.3 is 10.2 Å². The standard InChI is InChI=1S/C9H14O4/c1-2-5-3-6(8(10)11)7(4-5)9(12)13/h5-7H,2-4H2,1H3,(H,10,11)(H,12,13)/t5?,6-,7+. The maximum absolute atomic E-state index is 10.7. The molecule has 0 bridgehead atoms.